The Morgan fingerprint density at radius 3 is 2.05 bits per heavy atom. The number of hydrogen-bond donors (Lipinski definition) is 0. The SMILES string of the molecule is CCCCCCC(C)(CCCCC)c1c(F)cn(C)c1Cl. The third-order valence-corrected chi connectivity index (χ3v) is 5.04. The summed E-state index contributed by atoms with van der Waals surface area (Å²) in [6.07, 6.45) is 12.0. The second-order valence-corrected chi connectivity index (χ2v) is 6.94. The lowest BCUT2D eigenvalue weighted by molar-refractivity contribution is 0.354. The zero-order valence-corrected chi connectivity index (χ0v) is 14.9. The number of halogens is 2. The molecule has 0 saturated carbocycles. The highest BCUT2D eigenvalue weighted by molar-refractivity contribution is 6.30. The Kier molecular flexibility index (Phi) is 7.79. The van der Waals surface area contributed by atoms with Gasteiger partial charge in [-0.15, -0.1) is 0 Å². The largest absolute Gasteiger partial charge is 0.339 e. The maximum absolute atomic E-state index is 14.3. The van der Waals surface area contributed by atoms with E-state index < -0.39 is 0 Å². The standard InChI is InChI=1S/C18H31ClFN/c1-5-7-9-11-13-18(3,12-10-8-6-2)16-15(20)14-21(4)17(16)19/h14H,5-13H2,1-4H3. The molecule has 21 heavy (non-hydrogen) atoms. The molecule has 0 N–H and O–H groups in total. The summed E-state index contributed by atoms with van der Waals surface area (Å²) in [5.41, 5.74) is 0.602. The van der Waals surface area contributed by atoms with Crippen LogP contribution in [-0.4, -0.2) is 4.57 Å². The van der Waals surface area contributed by atoms with Crippen molar-refractivity contribution in [1.82, 2.24) is 4.57 Å². The Bertz CT molecular complexity index is 427. The zero-order chi connectivity index (χ0) is 15.9. The van der Waals surface area contributed by atoms with E-state index in [0.717, 1.165) is 31.2 Å². The van der Waals surface area contributed by atoms with Crippen LogP contribution in [0.5, 0.6) is 0 Å². The van der Waals surface area contributed by atoms with Crippen molar-refractivity contribution >= 4 is 11.6 Å². The normalized spacial score (nSPS) is 14.4. The predicted octanol–water partition coefficient (Wildman–Crippen LogP) is 6.63. The first-order chi connectivity index (χ1) is 9.96. The Labute approximate surface area is 134 Å². The van der Waals surface area contributed by atoms with Gasteiger partial charge in [0, 0.05) is 18.8 Å². The molecule has 1 aromatic heterocycles. The number of hydrogen-bond acceptors (Lipinski definition) is 0. The van der Waals surface area contributed by atoms with Gasteiger partial charge in [-0.3, -0.25) is 0 Å². The van der Waals surface area contributed by atoms with E-state index in [1.807, 2.05) is 7.05 Å². The van der Waals surface area contributed by atoms with Gasteiger partial charge in [0.15, 0.2) is 0 Å². The molecule has 1 aromatic rings. The number of nitrogens with zero attached hydrogens (tertiary/aromatic N) is 1. The highest BCUT2D eigenvalue weighted by Crippen LogP contribution is 2.41. The van der Waals surface area contributed by atoms with Gasteiger partial charge >= 0.3 is 0 Å². The second-order valence-electron chi connectivity index (χ2n) is 6.58. The summed E-state index contributed by atoms with van der Waals surface area (Å²) in [5.74, 6) is -0.142. The van der Waals surface area contributed by atoms with Crippen molar-refractivity contribution < 1.29 is 4.39 Å². The number of unbranched alkanes of at least 4 members (excludes halogenated alkanes) is 5. The Morgan fingerprint density at radius 2 is 1.57 bits per heavy atom. The van der Waals surface area contributed by atoms with Gasteiger partial charge in [-0.05, 0) is 18.3 Å². The van der Waals surface area contributed by atoms with Crippen LogP contribution in [0, 0.1) is 5.82 Å². The molecule has 1 unspecified atom stereocenters. The average molecular weight is 316 g/mol. The summed E-state index contributed by atoms with van der Waals surface area (Å²) >= 11 is 6.37. The maximum Gasteiger partial charge on any atom is 0.146 e. The van der Waals surface area contributed by atoms with Gasteiger partial charge < -0.3 is 4.57 Å². The van der Waals surface area contributed by atoms with Crippen LogP contribution >= 0.6 is 11.6 Å². The van der Waals surface area contributed by atoms with Crippen LogP contribution in [0.25, 0.3) is 0 Å². The van der Waals surface area contributed by atoms with Crippen molar-refractivity contribution in [1.29, 1.82) is 0 Å². The summed E-state index contributed by atoms with van der Waals surface area (Å²) in [7, 11) is 1.82. The lowest BCUT2D eigenvalue weighted by atomic mass is 9.75. The Hall–Kier alpha value is -0.500. The molecule has 0 saturated heterocycles. The molecule has 0 radical (unpaired) electrons. The van der Waals surface area contributed by atoms with Gasteiger partial charge in [0.05, 0.1) is 0 Å². The topological polar surface area (TPSA) is 4.93 Å². The van der Waals surface area contributed by atoms with Gasteiger partial charge in [-0.2, -0.15) is 0 Å². The third-order valence-electron chi connectivity index (χ3n) is 4.58. The molecule has 0 aromatic carbocycles. The highest BCUT2D eigenvalue weighted by atomic mass is 35.5. The molecular formula is C18H31ClFN. The minimum absolute atomic E-state index is 0.134. The Morgan fingerprint density at radius 1 is 1.05 bits per heavy atom. The van der Waals surface area contributed by atoms with Crippen LogP contribution in [0.2, 0.25) is 5.15 Å². The van der Waals surface area contributed by atoms with Gasteiger partial charge in [0.2, 0.25) is 0 Å². The average Bonchev–Trinajstić information content (AvgIpc) is 2.69. The quantitative estimate of drug-likeness (QED) is 0.427. The van der Waals surface area contributed by atoms with E-state index >= 15 is 0 Å². The van der Waals surface area contributed by atoms with Gasteiger partial charge in [0.25, 0.3) is 0 Å². The van der Waals surface area contributed by atoms with E-state index in [4.69, 9.17) is 11.6 Å². The first-order valence-electron chi connectivity index (χ1n) is 8.47. The molecule has 0 fully saturated rings. The predicted molar refractivity (Wildman–Crippen MR) is 90.6 cm³/mol. The summed E-state index contributed by atoms with van der Waals surface area (Å²) in [6, 6.07) is 0. The molecular weight excluding hydrogens is 285 g/mol. The molecule has 0 aliphatic carbocycles. The molecule has 0 amide bonds. The molecule has 1 atom stereocenters. The van der Waals surface area contributed by atoms with E-state index in [1.54, 1.807) is 4.57 Å². The molecule has 1 heterocycles. The minimum atomic E-state index is -0.142. The van der Waals surface area contributed by atoms with Gasteiger partial charge in [-0.25, -0.2) is 4.39 Å². The molecule has 122 valence electrons. The molecule has 0 bridgehead atoms. The monoisotopic (exact) mass is 315 g/mol. The van der Waals surface area contributed by atoms with Crippen LogP contribution in [0.4, 0.5) is 4.39 Å². The number of aromatic nitrogens is 1. The Balaban J connectivity index is 2.88. The molecule has 0 aliphatic rings. The van der Waals surface area contributed by atoms with Crippen LogP contribution in [-0.2, 0) is 12.5 Å². The van der Waals surface area contributed by atoms with Crippen LogP contribution in [0.15, 0.2) is 6.20 Å². The summed E-state index contributed by atoms with van der Waals surface area (Å²) in [5, 5.41) is 0.571. The number of aryl methyl sites for hydroxylation is 1. The molecule has 1 nitrogen and oxygen atoms in total. The number of rotatable bonds is 10. The molecule has 0 spiro atoms. The fourth-order valence-corrected chi connectivity index (χ4v) is 3.55. The van der Waals surface area contributed by atoms with Crippen LogP contribution < -0.4 is 0 Å². The van der Waals surface area contributed by atoms with Crippen molar-refractivity contribution in [3.63, 3.8) is 0 Å². The van der Waals surface area contributed by atoms with Crippen molar-refractivity contribution in [3.8, 4) is 0 Å². The highest BCUT2D eigenvalue weighted by Gasteiger charge is 2.32. The first kappa shape index (κ1) is 18.5. The van der Waals surface area contributed by atoms with Crippen molar-refractivity contribution in [2.45, 2.75) is 84.0 Å². The van der Waals surface area contributed by atoms with Gasteiger partial charge in [-0.1, -0.05) is 77.3 Å². The zero-order valence-electron chi connectivity index (χ0n) is 14.1. The lowest BCUT2D eigenvalue weighted by Gasteiger charge is -2.30. The summed E-state index contributed by atoms with van der Waals surface area (Å²) in [4.78, 5) is 0. The molecule has 0 aliphatic heterocycles. The fourth-order valence-electron chi connectivity index (χ4n) is 3.19. The maximum atomic E-state index is 14.3. The fraction of sp³-hybridized carbons (Fsp3) is 0.778. The lowest BCUT2D eigenvalue weighted by Crippen LogP contribution is -2.23. The smallest absolute Gasteiger partial charge is 0.146 e. The van der Waals surface area contributed by atoms with E-state index in [2.05, 4.69) is 20.8 Å². The van der Waals surface area contributed by atoms with Gasteiger partial charge in [0.1, 0.15) is 11.0 Å². The van der Waals surface area contributed by atoms with E-state index in [0.29, 0.717) is 5.15 Å². The van der Waals surface area contributed by atoms with E-state index in [-0.39, 0.29) is 11.2 Å². The first-order valence-corrected chi connectivity index (χ1v) is 8.84. The third kappa shape index (κ3) is 5.02. The van der Waals surface area contributed by atoms with Crippen molar-refractivity contribution in [3.05, 3.63) is 22.7 Å². The van der Waals surface area contributed by atoms with Crippen LogP contribution in [0.1, 0.15) is 84.1 Å². The molecule has 3 heteroatoms. The summed E-state index contributed by atoms with van der Waals surface area (Å²) < 4.78 is 16.1. The minimum Gasteiger partial charge on any atom is -0.339 e. The second kappa shape index (κ2) is 8.82. The van der Waals surface area contributed by atoms with Crippen molar-refractivity contribution in [2.24, 2.45) is 7.05 Å². The van der Waals surface area contributed by atoms with E-state index in [1.165, 1.54) is 38.3 Å². The molecule has 1 rings (SSSR count). The van der Waals surface area contributed by atoms with Crippen LogP contribution in [0.3, 0.4) is 0 Å². The van der Waals surface area contributed by atoms with E-state index in [9.17, 15) is 4.39 Å². The summed E-state index contributed by atoms with van der Waals surface area (Å²) in [6.45, 7) is 6.61. The van der Waals surface area contributed by atoms with Crippen molar-refractivity contribution in [2.75, 3.05) is 0 Å².